The van der Waals surface area contributed by atoms with Crippen molar-refractivity contribution >= 4 is 11.6 Å². The largest absolute Gasteiger partial charge is 0.325 e. The van der Waals surface area contributed by atoms with Crippen LogP contribution in [0, 0.1) is 23.1 Å². The highest BCUT2D eigenvalue weighted by Gasteiger charge is 2.10. The molecular formula is C16H20FNO. The quantitative estimate of drug-likeness (QED) is 0.820. The average molecular weight is 261 g/mol. The molecule has 0 unspecified atom stereocenters. The van der Waals surface area contributed by atoms with E-state index in [9.17, 15) is 9.18 Å². The summed E-state index contributed by atoms with van der Waals surface area (Å²) in [7, 11) is 0. The van der Waals surface area contributed by atoms with Crippen LogP contribution in [0.4, 0.5) is 10.1 Å². The van der Waals surface area contributed by atoms with E-state index in [0.29, 0.717) is 12.1 Å². The van der Waals surface area contributed by atoms with Gasteiger partial charge in [0.05, 0.1) is 11.3 Å². The second-order valence-electron chi connectivity index (χ2n) is 5.46. The Morgan fingerprint density at radius 2 is 2.05 bits per heavy atom. The molecule has 2 nitrogen and oxygen atoms in total. The van der Waals surface area contributed by atoms with Gasteiger partial charge in [0, 0.05) is 11.8 Å². The summed E-state index contributed by atoms with van der Waals surface area (Å²) < 4.78 is 13.8. The Kier molecular flexibility index (Phi) is 5.11. The highest BCUT2D eigenvalue weighted by molar-refractivity contribution is 5.92. The minimum Gasteiger partial charge on any atom is -0.325 e. The third-order valence-corrected chi connectivity index (χ3v) is 2.33. The third kappa shape index (κ3) is 5.13. The van der Waals surface area contributed by atoms with Crippen molar-refractivity contribution in [3.05, 3.63) is 29.6 Å². The number of carbonyl (C=O) groups is 1. The third-order valence-electron chi connectivity index (χ3n) is 2.33. The molecule has 0 saturated carbocycles. The van der Waals surface area contributed by atoms with Gasteiger partial charge in [0.2, 0.25) is 5.91 Å². The lowest BCUT2D eigenvalue weighted by atomic mass is 9.97. The van der Waals surface area contributed by atoms with Gasteiger partial charge in [-0.2, -0.15) is 0 Å². The van der Waals surface area contributed by atoms with Crippen LogP contribution in [-0.4, -0.2) is 5.91 Å². The van der Waals surface area contributed by atoms with Crippen LogP contribution in [0.1, 0.15) is 46.1 Å². The van der Waals surface area contributed by atoms with Crippen LogP contribution in [-0.2, 0) is 4.79 Å². The topological polar surface area (TPSA) is 29.1 Å². The first kappa shape index (κ1) is 15.2. The van der Waals surface area contributed by atoms with Crippen molar-refractivity contribution in [2.45, 2.75) is 40.5 Å². The standard InChI is InChI=1S/C16H20FNO/c1-5-7-15(19)18-14-9-6-8-13(17)12(14)10-11-16(2,3)4/h6,8-9H,5,7H2,1-4H3,(H,18,19). The van der Waals surface area contributed by atoms with Gasteiger partial charge in [0.15, 0.2) is 0 Å². The van der Waals surface area contributed by atoms with E-state index in [1.54, 1.807) is 12.1 Å². The van der Waals surface area contributed by atoms with Crippen LogP contribution < -0.4 is 5.32 Å². The van der Waals surface area contributed by atoms with E-state index in [4.69, 9.17) is 0 Å². The zero-order valence-corrected chi connectivity index (χ0v) is 11.9. The van der Waals surface area contributed by atoms with Crippen LogP contribution in [0.3, 0.4) is 0 Å². The molecule has 0 fully saturated rings. The molecule has 1 aromatic rings. The number of rotatable bonds is 3. The van der Waals surface area contributed by atoms with Gasteiger partial charge in [-0.25, -0.2) is 4.39 Å². The van der Waals surface area contributed by atoms with E-state index < -0.39 is 5.82 Å². The zero-order valence-electron chi connectivity index (χ0n) is 11.9. The molecule has 1 N–H and O–H groups in total. The lowest BCUT2D eigenvalue weighted by Crippen LogP contribution is -2.12. The van der Waals surface area contributed by atoms with E-state index >= 15 is 0 Å². The van der Waals surface area contributed by atoms with Gasteiger partial charge in [-0.1, -0.05) is 24.8 Å². The van der Waals surface area contributed by atoms with Crippen LogP contribution in [0.15, 0.2) is 18.2 Å². The van der Waals surface area contributed by atoms with E-state index in [2.05, 4.69) is 17.2 Å². The smallest absolute Gasteiger partial charge is 0.224 e. The lowest BCUT2D eigenvalue weighted by Gasteiger charge is -2.10. The van der Waals surface area contributed by atoms with Gasteiger partial charge in [-0.05, 0) is 39.3 Å². The molecule has 19 heavy (non-hydrogen) atoms. The number of nitrogens with one attached hydrogen (secondary N) is 1. The van der Waals surface area contributed by atoms with Crippen LogP contribution in [0.5, 0.6) is 0 Å². The Labute approximate surface area is 114 Å². The van der Waals surface area contributed by atoms with E-state index in [1.807, 2.05) is 27.7 Å². The molecule has 0 heterocycles. The summed E-state index contributed by atoms with van der Waals surface area (Å²) in [6, 6.07) is 4.59. The Morgan fingerprint density at radius 3 is 2.63 bits per heavy atom. The van der Waals surface area contributed by atoms with Crippen LogP contribution >= 0.6 is 0 Å². The number of benzene rings is 1. The number of hydrogen-bond acceptors (Lipinski definition) is 1. The van der Waals surface area contributed by atoms with Crippen LogP contribution in [0.2, 0.25) is 0 Å². The number of carbonyl (C=O) groups excluding carboxylic acids is 1. The molecule has 0 bridgehead atoms. The Balaban J connectivity index is 3.08. The maximum absolute atomic E-state index is 13.8. The SMILES string of the molecule is CCCC(=O)Nc1cccc(F)c1C#CC(C)(C)C. The first-order valence-electron chi connectivity index (χ1n) is 6.45. The molecule has 0 radical (unpaired) electrons. The molecular weight excluding hydrogens is 241 g/mol. The first-order chi connectivity index (χ1) is 8.83. The maximum atomic E-state index is 13.8. The van der Waals surface area contributed by atoms with Crippen molar-refractivity contribution in [2.75, 3.05) is 5.32 Å². The number of amides is 1. The molecule has 3 heteroatoms. The van der Waals surface area contributed by atoms with E-state index in [-0.39, 0.29) is 16.9 Å². The molecule has 1 amide bonds. The van der Waals surface area contributed by atoms with Gasteiger partial charge < -0.3 is 5.32 Å². The van der Waals surface area contributed by atoms with Crippen molar-refractivity contribution in [2.24, 2.45) is 5.41 Å². The van der Waals surface area contributed by atoms with Crippen molar-refractivity contribution in [1.29, 1.82) is 0 Å². The zero-order chi connectivity index (χ0) is 14.5. The van der Waals surface area contributed by atoms with E-state index in [1.165, 1.54) is 6.07 Å². The fourth-order valence-corrected chi connectivity index (χ4v) is 1.45. The molecule has 102 valence electrons. The van der Waals surface area contributed by atoms with Gasteiger partial charge >= 0.3 is 0 Å². The molecule has 0 aliphatic carbocycles. The van der Waals surface area contributed by atoms with Crippen molar-refractivity contribution < 1.29 is 9.18 Å². The lowest BCUT2D eigenvalue weighted by molar-refractivity contribution is -0.116. The summed E-state index contributed by atoms with van der Waals surface area (Å²) in [5.41, 5.74) is 0.476. The maximum Gasteiger partial charge on any atom is 0.224 e. The van der Waals surface area contributed by atoms with Crippen molar-refractivity contribution in [1.82, 2.24) is 0 Å². The Morgan fingerprint density at radius 1 is 1.37 bits per heavy atom. The summed E-state index contributed by atoms with van der Waals surface area (Å²) in [5.74, 6) is 5.28. The molecule has 0 saturated heterocycles. The second-order valence-corrected chi connectivity index (χ2v) is 5.46. The van der Waals surface area contributed by atoms with Gasteiger partial charge in [0.25, 0.3) is 0 Å². The second kappa shape index (κ2) is 6.38. The highest BCUT2D eigenvalue weighted by Crippen LogP contribution is 2.19. The Bertz CT molecular complexity index is 518. The van der Waals surface area contributed by atoms with Gasteiger partial charge in [-0.15, -0.1) is 0 Å². The summed E-state index contributed by atoms with van der Waals surface area (Å²) >= 11 is 0. The molecule has 0 aromatic heterocycles. The molecule has 0 atom stereocenters. The van der Waals surface area contributed by atoms with Gasteiger partial charge in [0.1, 0.15) is 5.82 Å². The monoisotopic (exact) mass is 261 g/mol. The van der Waals surface area contributed by atoms with E-state index in [0.717, 1.165) is 6.42 Å². The summed E-state index contributed by atoms with van der Waals surface area (Å²) in [5, 5.41) is 2.71. The van der Waals surface area contributed by atoms with Crippen LogP contribution in [0.25, 0.3) is 0 Å². The molecule has 0 spiro atoms. The number of hydrogen-bond donors (Lipinski definition) is 1. The summed E-state index contributed by atoms with van der Waals surface area (Å²) in [4.78, 5) is 11.6. The predicted octanol–water partition coefficient (Wildman–Crippen LogP) is 3.96. The fraction of sp³-hybridized carbons (Fsp3) is 0.438. The van der Waals surface area contributed by atoms with Crippen molar-refractivity contribution in [3.63, 3.8) is 0 Å². The minimum absolute atomic E-state index is 0.119. The van der Waals surface area contributed by atoms with Crippen molar-refractivity contribution in [3.8, 4) is 11.8 Å². The Hall–Kier alpha value is -1.82. The number of halogens is 1. The first-order valence-corrected chi connectivity index (χ1v) is 6.45. The summed E-state index contributed by atoms with van der Waals surface area (Å²) in [6.07, 6.45) is 1.17. The van der Waals surface area contributed by atoms with Gasteiger partial charge in [-0.3, -0.25) is 4.79 Å². The highest BCUT2D eigenvalue weighted by atomic mass is 19.1. The molecule has 1 aromatic carbocycles. The normalized spacial score (nSPS) is 10.6. The predicted molar refractivity (Wildman–Crippen MR) is 76.3 cm³/mol. The molecule has 0 aliphatic rings. The minimum atomic E-state index is -0.411. The summed E-state index contributed by atoms with van der Waals surface area (Å²) in [6.45, 7) is 7.79. The fourth-order valence-electron chi connectivity index (χ4n) is 1.45. The average Bonchev–Trinajstić information content (AvgIpc) is 2.27. The molecule has 1 rings (SSSR count). The number of anilines is 1. The molecule has 0 aliphatic heterocycles.